The van der Waals surface area contributed by atoms with Crippen LogP contribution in [0.5, 0.6) is 0 Å². The molecule has 0 bridgehead atoms. The van der Waals surface area contributed by atoms with Crippen LogP contribution in [0.1, 0.15) is 23.5 Å². The Labute approximate surface area is 118 Å². The van der Waals surface area contributed by atoms with E-state index in [1.807, 2.05) is 19.1 Å². The van der Waals surface area contributed by atoms with E-state index in [0.29, 0.717) is 4.90 Å². The van der Waals surface area contributed by atoms with Gasteiger partial charge in [-0.1, -0.05) is 43.6 Å². The zero-order valence-electron chi connectivity index (χ0n) is 13.1. The third kappa shape index (κ3) is 5.29. The Morgan fingerprint density at radius 1 is 1.44 bits per heavy atom. The van der Waals surface area contributed by atoms with Crippen LogP contribution >= 0.6 is 10.3 Å². The number of hydrogen-bond acceptors (Lipinski definition) is 1. The molecule has 0 fully saturated rings. The van der Waals surface area contributed by atoms with Crippen LogP contribution in [0, 0.1) is 26.0 Å². The van der Waals surface area contributed by atoms with E-state index < -0.39 is 17.2 Å². The van der Waals surface area contributed by atoms with Gasteiger partial charge < -0.3 is 17.4 Å². The Bertz CT molecular complexity index is 425. The Morgan fingerprint density at radius 2 is 1.94 bits per heavy atom. The second-order valence-corrected chi connectivity index (χ2v) is 5.32. The molecule has 1 aromatic rings. The van der Waals surface area contributed by atoms with Gasteiger partial charge in [-0.25, -0.2) is 10.3 Å². The Balaban J connectivity index is 0. The van der Waals surface area contributed by atoms with Crippen LogP contribution in [0.4, 0.5) is 0 Å². The molecule has 0 spiro atoms. The van der Waals surface area contributed by atoms with Crippen molar-refractivity contribution in [3.8, 4) is 0 Å². The quantitative estimate of drug-likeness (QED) is 0.624. The standard InChI is InChI=1S/C12H16OS.CH3.Zn/c1-10(2)9-14(4,13)12-7-5-11(3)6-8-12;;/h5-8,13H,4H2,1-3H3;1H3;/q2*-1;+2/i1D3;;. The van der Waals surface area contributed by atoms with Crippen molar-refractivity contribution in [3.63, 3.8) is 0 Å². The fourth-order valence-electron chi connectivity index (χ4n) is 1.08. The van der Waals surface area contributed by atoms with Crippen molar-refractivity contribution >= 4 is 10.3 Å². The van der Waals surface area contributed by atoms with Gasteiger partial charge in [-0.2, -0.15) is 0 Å². The van der Waals surface area contributed by atoms with Crippen LogP contribution < -0.4 is 0 Å². The largest absolute Gasteiger partial charge is 2.00 e. The maximum absolute atomic E-state index is 10.2. The molecule has 1 radical (unpaired) electrons. The van der Waals surface area contributed by atoms with Crippen LogP contribution in [0.2, 0.25) is 0 Å². The predicted octanol–water partition coefficient (Wildman–Crippen LogP) is 4.60. The smallest absolute Gasteiger partial charge is 0.418 e. The van der Waals surface area contributed by atoms with E-state index in [4.69, 9.17) is 4.11 Å². The molecule has 0 aromatic heterocycles. The van der Waals surface area contributed by atoms with Gasteiger partial charge in [-0.15, -0.1) is 0 Å². The fourth-order valence-corrected chi connectivity index (χ4v) is 2.29. The molecule has 1 rings (SSSR count). The fraction of sp³-hybridized carbons (Fsp3) is 0.231. The second-order valence-electron chi connectivity index (χ2n) is 3.24. The van der Waals surface area contributed by atoms with Crippen LogP contribution in [0.25, 0.3) is 0 Å². The summed E-state index contributed by atoms with van der Waals surface area (Å²) < 4.78 is 31.9. The monoisotopic (exact) mass is 290 g/mol. The van der Waals surface area contributed by atoms with Gasteiger partial charge >= 0.3 is 19.5 Å². The molecule has 85 valence electrons. The number of aryl methyl sites for hydroxylation is 1. The van der Waals surface area contributed by atoms with Crippen LogP contribution in [0.3, 0.4) is 0 Å². The topological polar surface area (TPSA) is 20.2 Å². The summed E-state index contributed by atoms with van der Waals surface area (Å²) in [7, 11) is -2.56. The maximum Gasteiger partial charge on any atom is 2.00 e. The SMILES string of the molecule is [2H]C([2H])([2H])C(C)=[C-]S([CH2])(O)c1ccc(C)cc1.[CH3-].[Zn+2]. The molecule has 0 aliphatic rings. The predicted molar refractivity (Wildman–Crippen MR) is 69.5 cm³/mol. The summed E-state index contributed by atoms with van der Waals surface area (Å²) >= 11 is 0. The minimum absolute atomic E-state index is 0. The Hall–Kier alpha value is -0.107. The first kappa shape index (κ1) is 12.4. The summed E-state index contributed by atoms with van der Waals surface area (Å²) in [5.41, 5.74) is 1.12. The van der Waals surface area contributed by atoms with Crippen molar-refractivity contribution in [1.29, 1.82) is 0 Å². The average Bonchev–Trinajstić information content (AvgIpc) is 2.16. The van der Waals surface area contributed by atoms with E-state index in [2.05, 4.69) is 11.7 Å². The van der Waals surface area contributed by atoms with Crippen molar-refractivity contribution in [2.75, 3.05) is 0 Å². The van der Waals surface area contributed by atoms with Crippen molar-refractivity contribution in [2.24, 2.45) is 0 Å². The summed E-state index contributed by atoms with van der Waals surface area (Å²) in [6, 6.07) is 7.20. The Morgan fingerprint density at radius 3 is 2.38 bits per heavy atom. The number of benzene rings is 1. The minimum atomic E-state index is -2.56. The maximum atomic E-state index is 10.2. The molecule has 1 unspecified atom stereocenters. The van der Waals surface area contributed by atoms with Gasteiger partial charge in [0.2, 0.25) is 0 Å². The van der Waals surface area contributed by atoms with Crippen molar-refractivity contribution in [1.82, 2.24) is 0 Å². The second kappa shape index (κ2) is 7.26. The summed E-state index contributed by atoms with van der Waals surface area (Å²) in [6.07, 6.45) is 3.68. The van der Waals surface area contributed by atoms with Gasteiger partial charge in [0.05, 0.1) is 0 Å². The van der Waals surface area contributed by atoms with E-state index in [-0.39, 0.29) is 32.5 Å². The number of allylic oxidation sites excluding steroid dienone is 1. The van der Waals surface area contributed by atoms with Crippen LogP contribution in [-0.2, 0) is 19.5 Å². The molecule has 1 N–H and O–H groups in total. The van der Waals surface area contributed by atoms with E-state index in [9.17, 15) is 4.55 Å². The first-order valence-electron chi connectivity index (χ1n) is 5.70. The summed E-state index contributed by atoms with van der Waals surface area (Å²) in [5.74, 6) is 0. The van der Waals surface area contributed by atoms with Gasteiger partial charge in [0.25, 0.3) is 0 Å². The first-order valence-corrected chi connectivity index (χ1v) is 5.96. The number of rotatable bonds is 2. The molecular formula is C13H19OSZn. The zero-order chi connectivity index (χ0) is 13.3. The van der Waals surface area contributed by atoms with E-state index in [1.165, 1.54) is 6.92 Å². The molecule has 1 nitrogen and oxygen atoms in total. The molecule has 0 aliphatic carbocycles. The molecule has 3 heteroatoms. The van der Waals surface area contributed by atoms with Crippen LogP contribution in [-0.4, -0.2) is 4.55 Å². The average molecular weight is 292 g/mol. The van der Waals surface area contributed by atoms with Crippen LogP contribution in [0.15, 0.2) is 34.7 Å². The first-order chi connectivity index (χ1) is 7.63. The summed E-state index contributed by atoms with van der Waals surface area (Å²) in [6.45, 7) is 1.14. The van der Waals surface area contributed by atoms with E-state index >= 15 is 0 Å². The molecular weight excluding hydrogens is 270 g/mol. The Kier molecular flexibility index (Phi) is 5.61. The third-order valence-electron chi connectivity index (χ3n) is 1.73. The third-order valence-corrected chi connectivity index (χ3v) is 3.43. The normalized spacial score (nSPS) is 20.0. The molecule has 0 saturated carbocycles. The van der Waals surface area contributed by atoms with Crippen molar-refractivity contribution < 1.29 is 28.1 Å². The molecule has 0 aliphatic heterocycles. The van der Waals surface area contributed by atoms with Gasteiger partial charge in [0.1, 0.15) is 0 Å². The van der Waals surface area contributed by atoms with Gasteiger partial charge in [-0.3, -0.25) is 5.57 Å². The van der Waals surface area contributed by atoms with E-state index in [1.54, 1.807) is 12.1 Å². The summed E-state index contributed by atoms with van der Waals surface area (Å²) in [5, 5.41) is 2.61. The van der Waals surface area contributed by atoms with Gasteiger partial charge in [-0.05, 0) is 18.1 Å². The zero-order valence-corrected chi connectivity index (χ0v) is 13.9. The molecule has 1 atom stereocenters. The molecule has 0 heterocycles. The molecule has 16 heavy (non-hydrogen) atoms. The van der Waals surface area contributed by atoms with Crippen molar-refractivity contribution in [3.05, 3.63) is 54.5 Å². The molecule has 0 saturated heterocycles. The molecule has 0 amide bonds. The van der Waals surface area contributed by atoms with Crippen molar-refractivity contribution in [2.45, 2.75) is 25.6 Å². The number of hydrogen-bond donors (Lipinski definition) is 1. The minimum Gasteiger partial charge on any atom is -0.418 e. The van der Waals surface area contributed by atoms with Gasteiger partial charge in [0.15, 0.2) is 0 Å². The molecule has 1 aromatic carbocycles. The van der Waals surface area contributed by atoms with Gasteiger partial charge in [0, 0.05) is 4.11 Å². The van der Waals surface area contributed by atoms with E-state index in [0.717, 1.165) is 5.56 Å². The summed E-state index contributed by atoms with van der Waals surface area (Å²) in [4.78, 5) is 0.603.